The molecule has 4 nitrogen and oxygen atoms in total. The van der Waals surface area contributed by atoms with E-state index in [1.165, 1.54) is 12.1 Å². The van der Waals surface area contributed by atoms with Gasteiger partial charge in [-0.1, -0.05) is 27.2 Å². The molecule has 0 aliphatic rings. The van der Waals surface area contributed by atoms with Gasteiger partial charge < -0.3 is 4.74 Å². The number of halogens is 2. The minimum absolute atomic E-state index is 0. The second-order valence-electron chi connectivity index (χ2n) is 6.07. The number of aryl methyl sites for hydroxylation is 1. The largest absolute Gasteiger partial charge is 0.471 e. The number of rotatable bonds is 9. The summed E-state index contributed by atoms with van der Waals surface area (Å²) in [6.45, 7) is 10.1. The van der Waals surface area contributed by atoms with E-state index in [1.807, 2.05) is 6.92 Å². The molecular formula is C20H29ClFN3O. The molecule has 144 valence electrons. The Morgan fingerprint density at radius 2 is 1.77 bits per heavy atom. The van der Waals surface area contributed by atoms with Gasteiger partial charge in [0.25, 0.3) is 0 Å². The molecule has 2 aromatic rings. The third-order valence-corrected chi connectivity index (χ3v) is 4.28. The molecule has 0 amide bonds. The Labute approximate surface area is 162 Å². The molecule has 1 heterocycles. The number of nitrogens with zero attached hydrogens (tertiary/aromatic N) is 3. The number of hydrogen-bond acceptors (Lipinski definition) is 4. The van der Waals surface area contributed by atoms with Crippen LogP contribution in [0.25, 0.3) is 11.3 Å². The van der Waals surface area contributed by atoms with E-state index >= 15 is 0 Å². The van der Waals surface area contributed by atoms with E-state index in [9.17, 15) is 4.39 Å². The fourth-order valence-corrected chi connectivity index (χ4v) is 2.83. The third kappa shape index (κ3) is 5.92. The fraction of sp³-hybridized carbons (Fsp3) is 0.500. The van der Waals surface area contributed by atoms with Crippen molar-refractivity contribution in [2.24, 2.45) is 0 Å². The molecule has 6 heteroatoms. The molecule has 0 bridgehead atoms. The van der Waals surface area contributed by atoms with E-state index in [0.717, 1.165) is 37.9 Å². The van der Waals surface area contributed by atoms with Gasteiger partial charge in [-0.3, -0.25) is 4.90 Å². The van der Waals surface area contributed by atoms with Crippen LogP contribution in [0.15, 0.2) is 30.5 Å². The van der Waals surface area contributed by atoms with Gasteiger partial charge in [-0.05, 0) is 57.1 Å². The molecular weight excluding hydrogens is 353 g/mol. The predicted octanol–water partition coefficient (Wildman–Crippen LogP) is 5.25. The van der Waals surface area contributed by atoms with Crippen LogP contribution in [0.1, 0.15) is 45.9 Å². The van der Waals surface area contributed by atoms with Crippen molar-refractivity contribution in [3.05, 3.63) is 42.1 Å². The lowest BCUT2D eigenvalue weighted by Gasteiger charge is -2.30. The molecule has 0 saturated heterocycles. The lowest BCUT2D eigenvalue weighted by molar-refractivity contribution is 0.0243. The van der Waals surface area contributed by atoms with Crippen molar-refractivity contribution in [2.45, 2.75) is 53.2 Å². The van der Waals surface area contributed by atoms with Crippen LogP contribution in [0.3, 0.4) is 0 Å². The van der Waals surface area contributed by atoms with Crippen LogP contribution in [0.2, 0.25) is 0 Å². The molecule has 0 saturated carbocycles. The zero-order valence-corrected chi connectivity index (χ0v) is 16.9. The van der Waals surface area contributed by atoms with Crippen molar-refractivity contribution in [1.29, 1.82) is 0 Å². The summed E-state index contributed by atoms with van der Waals surface area (Å²) >= 11 is 0. The predicted molar refractivity (Wildman–Crippen MR) is 106 cm³/mol. The van der Waals surface area contributed by atoms with Crippen molar-refractivity contribution in [2.75, 3.05) is 13.1 Å². The second-order valence-corrected chi connectivity index (χ2v) is 6.07. The first-order valence-corrected chi connectivity index (χ1v) is 9.09. The highest BCUT2D eigenvalue weighted by Gasteiger charge is 2.20. The van der Waals surface area contributed by atoms with Gasteiger partial charge in [0.15, 0.2) is 12.0 Å². The SMILES string of the molecule is CCCCC(Oc1cnc(C)nc1-c1ccc(F)cc1)N(CC)CC.Cl. The number of benzene rings is 1. The van der Waals surface area contributed by atoms with Crippen molar-refractivity contribution in [3.8, 4) is 17.0 Å². The van der Waals surface area contributed by atoms with Gasteiger partial charge in [-0.2, -0.15) is 0 Å². The first-order chi connectivity index (χ1) is 12.1. The van der Waals surface area contributed by atoms with Gasteiger partial charge in [0.2, 0.25) is 0 Å². The van der Waals surface area contributed by atoms with Crippen LogP contribution in [-0.2, 0) is 0 Å². The normalized spacial score (nSPS) is 11.9. The number of ether oxygens (including phenoxy) is 1. The zero-order valence-electron chi connectivity index (χ0n) is 16.0. The first kappa shape index (κ1) is 22.3. The standard InChI is InChI=1S/C20H28FN3O.ClH/c1-5-8-9-19(24(6-2)7-3)25-18-14-22-15(4)23-20(18)16-10-12-17(21)13-11-16;/h10-14,19H,5-9H2,1-4H3;1H. The van der Waals surface area contributed by atoms with Crippen molar-refractivity contribution >= 4 is 12.4 Å². The van der Waals surface area contributed by atoms with Gasteiger partial charge in [0.05, 0.1) is 6.20 Å². The number of unbranched alkanes of at least 4 members (excludes halogenated alkanes) is 1. The lowest BCUT2D eigenvalue weighted by Crippen LogP contribution is -2.39. The molecule has 0 spiro atoms. The molecule has 1 aromatic carbocycles. The van der Waals surface area contributed by atoms with Crippen LogP contribution in [0.5, 0.6) is 5.75 Å². The number of hydrogen-bond donors (Lipinski definition) is 0. The minimum Gasteiger partial charge on any atom is -0.471 e. The fourth-order valence-electron chi connectivity index (χ4n) is 2.83. The maximum Gasteiger partial charge on any atom is 0.166 e. The van der Waals surface area contributed by atoms with E-state index in [-0.39, 0.29) is 24.5 Å². The smallest absolute Gasteiger partial charge is 0.166 e. The Kier molecular flexibility index (Phi) is 9.52. The molecule has 26 heavy (non-hydrogen) atoms. The van der Waals surface area contributed by atoms with Crippen molar-refractivity contribution < 1.29 is 9.13 Å². The van der Waals surface area contributed by atoms with Crippen LogP contribution in [-0.4, -0.2) is 34.2 Å². The summed E-state index contributed by atoms with van der Waals surface area (Å²) in [6.07, 6.45) is 4.88. The Balaban J connectivity index is 0.00000338. The summed E-state index contributed by atoms with van der Waals surface area (Å²) in [6, 6.07) is 6.33. The summed E-state index contributed by atoms with van der Waals surface area (Å²) in [5, 5.41) is 0. The van der Waals surface area contributed by atoms with Crippen LogP contribution in [0.4, 0.5) is 4.39 Å². The Morgan fingerprint density at radius 1 is 1.12 bits per heavy atom. The lowest BCUT2D eigenvalue weighted by atomic mass is 10.1. The average Bonchev–Trinajstić information content (AvgIpc) is 2.62. The van der Waals surface area contributed by atoms with Crippen molar-refractivity contribution in [1.82, 2.24) is 14.9 Å². The third-order valence-electron chi connectivity index (χ3n) is 4.28. The van der Waals surface area contributed by atoms with Crippen LogP contribution in [0, 0.1) is 12.7 Å². The Morgan fingerprint density at radius 3 is 2.35 bits per heavy atom. The summed E-state index contributed by atoms with van der Waals surface area (Å²) in [4.78, 5) is 11.1. The van der Waals surface area contributed by atoms with E-state index in [2.05, 4.69) is 35.6 Å². The van der Waals surface area contributed by atoms with Gasteiger partial charge in [-0.25, -0.2) is 14.4 Å². The monoisotopic (exact) mass is 381 g/mol. The molecule has 0 radical (unpaired) electrons. The maximum absolute atomic E-state index is 13.3. The Bertz CT molecular complexity index is 663. The quantitative estimate of drug-likeness (QED) is 0.556. The molecule has 1 aromatic heterocycles. The minimum atomic E-state index is -0.263. The molecule has 0 N–H and O–H groups in total. The van der Waals surface area contributed by atoms with Gasteiger partial charge in [0.1, 0.15) is 17.3 Å². The highest BCUT2D eigenvalue weighted by atomic mass is 35.5. The highest BCUT2D eigenvalue weighted by molar-refractivity contribution is 5.85. The second kappa shape index (κ2) is 11.1. The molecule has 2 rings (SSSR count). The first-order valence-electron chi connectivity index (χ1n) is 9.09. The molecule has 0 fully saturated rings. The average molecular weight is 382 g/mol. The molecule has 1 atom stereocenters. The van der Waals surface area contributed by atoms with E-state index in [4.69, 9.17) is 4.74 Å². The number of aromatic nitrogens is 2. The summed E-state index contributed by atoms with van der Waals surface area (Å²) in [5.74, 6) is 1.05. The van der Waals surface area contributed by atoms with Crippen LogP contribution >= 0.6 is 12.4 Å². The van der Waals surface area contributed by atoms with Gasteiger partial charge in [-0.15, -0.1) is 12.4 Å². The molecule has 0 aliphatic carbocycles. The van der Waals surface area contributed by atoms with Crippen LogP contribution < -0.4 is 4.74 Å². The van der Waals surface area contributed by atoms with Crippen molar-refractivity contribution in [3.63, 3.8) is 0 Å². The summed E-state index contributed by atoms with van der Waals surface area (Å²) in [5.41, 5.74) is 1.54. The topological polar surface area (TPSA) is 38.3 Å². The highest BCUT2D eigenvalue weighted by Crippen LogP contribution is 2.29. The zero-order chi connectivity index (χ0) is 18.2. The molecule has 1 unspecified atom stereocenters. The van der Waals surface area contributed by atoms with Gasteiger partial charge >= 0.3 is 0 Å². The summed E-state index contributed by atoms with van der Waals surface area (Å²) in [7, 11) is 0. The maximum atomic E-state index is 13.3. The molecule has 0 aliphatic heterocycles. The summed E-state index contributed by atoms with van der Waals surface area (Å²) < 4.78 is 19.6. The van der Waals surface area contributed by atoms with E-state index in [1.54, 1.807) is 18.3 Å². The van der Waals surface area contributed by atoms with Gasteiger partial charge in [0, 0.05) is 5.56 Å². The van der Waals surface area contributed by atoms with E-state index < -0.39 is 0 Å². The van der Waals surface area contributed by atoms with E-state index in [0.29, 0.717) is 17.3 Å². The Hall–Kier alpha value is -1.72.